The highest BCUT2D eigenvalue weighted by Gasteiger charge is 2.18. The molecule has 0 unspecified atom stereocenters. The lowest BCUT2D eigenvalue weighted by Crippen LogP contribution is -2.01. The van der Waals surface area contributed by atoms with Gasteiger partial charge in [0.25, 0.3) is 0 Å². The Hall–Kier alpha value is -3.42. The SMILES string of the molecule is Cc1ccc(Oc2ccc(S(=O)(=O)c3ccc(-c4ccc([SH](=O)=O)cc4)cc3)cc2)cc1. The summed E-state index contributed by atoms with van der Waals surface area (Å²) in [4.78, 5) is 0.579. The Bertz CT molecular complexity index is 1390. The van der Waals surface area contributed by atoms with Crippen molar-refractivity contribution in [2.45, 2.75) is 21.6 Å². The van der Waals surface area contributed by atoms with Crippen molar-refractivity contribution in [3.8, 4) is 22.6 Å². The maximum Gasteiger partial charge on any atom is 0.206 e. The van der Waals surface area contributed by atoms with Gasteiger partial charge in [-0.1, -0.05) is 42.0 Å². The van der Waals surface area contributed by atoms with Crippen molar-refractivity contribution in [1.29, 1.82) is 0 Å². The van der Waals surface area contributed by atoms with Gasteiger partial charge in [0.2, 0.25) is 9.84 Å². The highest BCUT2D eigenvalue weighted by Crippen LogP contribution is 2.28. The van der Waals surface area contributed by atoms with Crippen LogP contribution in [-0.2, 0) is 20.5 Å². The monoisotopic (exact) mass is 464 g/mol. The van der Waals surface area contributed by atoms with Gasteiger partial charge in [0.1, 0.15) is 11.5 Å². The number of hydrogen-bond donors (Lipinski definition) is 1. The maximum absolute atomic E-state index is 13.0. The second-order valence-electron chi connectivity index (χ2n) is 7.22. The van der Waals surface area contributed by atoms with E-state index in [1.54, 1.807) is 48.5 Å². The molecule has 0 aliphatic rings. The number of rotatable bonds is 6. The number of hydrogen-bond acceptors (Lipinski definition) is 5. The normalized spacial score (nSPS) is 11.4. The van der Waals surface area contributed by atoms with Crippen LogP contribution in [0.3, 0.4) is 0 Å². The first-order chi connectivity index (χ1) is 15.3. The minimum absolute atomic E-state index is 0.171. The standard InChI is InChI=1S/C25H20O5S2/c1-18-2-8-21(9-3-18)30-22-10-16-25(17-11-22)32(28,29)24-14-6-20(7-15-24)19-4-12-23(13-5-19)31(26)27/h2-17,31H,1H3. The fourth-order valence-electron chi connectivity index (χ4n) is 3.17. The summed E-state index contributed by atoms with van der Waals surface area (Å²) in [6, 6.07) is 26.8. The van der Waals surface area contributed by atoms with Crippen LogP contribution in [0, 0.1) is 6.92 Å². The summed E-state index contributed by atoms with van der Waals surface area (Å²) in [5.41, 5.74) is 2.71. The quantitative estimate of drug-likeness (QED) is 0.394. The first-order valence-corrected chi connectivity index (χ1v) is 12.4. The third kappa shape index (κ3) is 4.74. The Morgan fingerprint density at radius 1 is 0.594 bits per heavy atom. The number of sulfone groups is 1. The van der Waals surface area contributed by atoms with Crippen LogP contribution >= 0.6 is 0 Å². The van der Waals surface area contributed by atoms with Gasteiger partial charge in [-0.15, -0.1) is 0 Å². The van der Waals surface area contributed by atoms with Crippen molar-refractivity contribution in [2.75, 3.05) is 0 Å². The van der Waals surface area contributed by atoms with Crippen molar-refractivity contribution in [3.05, 3.63) is 103 Å². The van der Waals surface area contributed by atoms with E-state index in [9.17, 15) is 16.8 Å². The van der Waals surface area contributed by atoms with Gasteiger partial charge < -0.3 is 4.74 Å². The minimum Gasteiger partial charge on any atom is -0.457 e. The molecule has 162 valence electrons. The highest BCUT2D eigenvalue weighted by atomic mass is 32.2. The maximum atomic E-state index is 13.0. The smallest absolute Gasteiger partial charge is 0.206 e. The minimum atomic E-state index is -3.69. The second kappa shape index (κ2) is 8.98. The van der Waals surface area contributed by atoms with Crippen molar-refractivity contribution in [2.24, 2.45) is 0 Å². The lowest BCUT2D eigenvalue weighted by Gasteiger charge is -2.09. The summed E-state index contributed by atoms with van der Waals surface area (Å²) < 4.78 is 53.8. The van der Waals surface area contributed by atoms with E-state index in [0.29, 0.717) is 11.5 Å². The molecule has 4 aromatic rings. The molecule has 0 fully saturated rings. The van der Waals surface area contributed by atoms with E-state index in [1.807, 2.05) is 31.2 Å². The summed E-state index contributed by atoms with van der Waals surface area (Å²) in [6.45, 7) is 1.99. The van der Waals surface area contributed by atoms with Crippen LogP contribution in [-0.4, -0.2) is 16.8 Å². The zero-order valence-corrected chi connectivity index (χ0v) is 18.8. The van der Waals surface area contributed by atoms with Gasteiger partial charge in [0, 0.05) is 0 Å². The van der Waals surface area contributed by atoms with Gasteiger partial charge in [-0.3, -0.25) is 0 Å². The molecule has 0 N–H and O–H groups in total. The average molecular weight is 465 g/mol. The summed E-state index contributed by atoms with van der Waals surface area (Å²) in [5.74, 6) is 1.23. The van der Waals surface area contributed by atoms with E-state index in [-0.39, 0.29) is 14.7 Å². The molecule has 4 rings (SSSR count). The van der Waals surface area contributed by atoms with Gasteiger partial charge in [0.15, 0.2) is 10.7 Å². The largest absolute Gasteiger partial charge is 0.457 e. The van der Waals surface area contributed by atoms with E-state index in [0.717, 1.165) is 16.7 Å². The number of thiol groups is 1. The first kappa shape index (κ1) is 21.8. The molecule has 0 radical (unpaired) electrons. The van der Waals surface area contributed by atoms with E-state index < -0.39 is 20.5 Å². The zero-order chi connectivity index (χ0) is 22.7. The van der Waals surface area contributed by atoms with Gasteiger partial charge in [-0.05, 0) is 78.7 Å². The van der Waals surface area contributed by atoms with Crippen molar-refractivity contribution < 1.29 is 21.6 Å². The molecule has 0 heterocycles. The molecule has 0 amide bonds. The van der Waals surface area contributed by atoms with Crippen LogP contribution in [0.5, 0.6) is 11.5 Å². The second-order valence-corrected chi connectivity index (χ2v) is 10.2. The Morgan fingerprint density at radius 2 is 1.00 bits per heavy atom. The van der Waals surface area contributed by atoms with Crippen LogP contribution in [0.15, 0.2) is 112 Å². The zero-order valence-electron chi connectivity index (χ0n) is 17.1. The van der Waals surface area contributed by atoms with Gasteiger partial charge in [-0.2, -0.15) is 0 Å². The molecule has 5 nitrogen and oxygen atoms in total. The number of ether oxygens (including phenoxy) is 1. The Balaban J connectivity index is 1.53. The van der Waals surface area contributed by atoms with Crippen LogP contribution < -0.4 is 4.74 Å². The van der Waals surface area contributed by atoms with Crippen molar-refractivity contribution >= 4 is 20.5 Å². The van der Waals surface area contributed by atoms with Gasteiger partial charge in [0.05, 0.1) is 14.7 Å². The van der Waals surface area contributed by atoms with Crippen LogP contribution in [0.4, 0.5) is 0 Å². The molecule has 0 aliphatic carbocycles. The topological polar surface area (TPSA) is 77.5 Å². The van der Waals surface area contributed by atoms with Crippen LogP contribution in [0.25, 0.3) is 11.1 Å². The first-order valence-electron chi connectivity index (χ1n) is 9.77. The summed E-state index contributed by atoms with van der Waals surface area (Å²) in [5, 5.41) is 0. The number of benzene rings is 4. The molecule has 0 bridgehead atoms. The van der Waals surface area contributed by atoms with Crippen molar-refractivity contribution in [1.82, 2.24) is 0 Å². The van der Waals surface area contributed by atoms with Crippen molar-refractivity contribution in [3.63, 3.8) is 0 Å². The molecule has 0 aromatic heterocycles. The molecule has 32 heavy (non-hydrogen) atoms. The third-order valence-corrected chi connectivity index (χ3v) is 7.47. The Morgan fingerprint density at radius 3 is 1.47 bits per heavy atom. The molecule has 0 saturated carbocycles. The molecule has 7 heteroatoms. The predicted octanol–water partition coefficient (Wildman–Crippen LogP) is 5.26. The Labute approximate surface area is 188 Å². The van der Waals surface area contributed by atoms with E-state index in [4.69, 9.17) is 4.74 Å². The average Bonchev–Trinajstić information content (AvgIpc) is 2.81. The summed E-state index contributed by atoms with van der Waals surface area (Å²) in [7, 11) is -6.32. The lowest BCUT2D eigenvalue weighted by molar-refractivity contribution is 0.482. The predicted molar refractivity (Wildman–Crippen MR) is 124 cm³/mol. The fraction of sp³-hybridized carbons (Fsp3) is 0.0400. The Kier molecular flexibility index (Phi) is 6.12. The van der Waals surface area contributed by atoms with Crippen LogP contribution in [0.2, 0.25) is 0 Å². The summed E-state index contributed by atoms with van der Waals surface area (Å²) >= 11 is 0. The molecular weight excluding hydrogens is 444 g/mol. The molecule has 0 aliphatic heterocycles. The van der Waals surface area contributed by atoms with E-state index in [2.05, 4.69) is 0 Å². The molecule has 0 spiro atoms. The molecule has 0 saturated heterocycles. The molecular formula is C25H20O5S2. The highest BCUT2D eigenvalue weighted by molar-refractivity contribution is 7.91. The third-order valence-electron chi connectivity index (χ3n) is 4.97. The van der Waals surface area contributed by atoms with E-state index in [1.165, 1.54) is 24.3 Å². The lowest BCUT2D eigenvalue weighted by atomic mass is 10.1. The number of aryl methyl sites for hydroxylation is 1. The van der Waals surface area contributed by atoms with Crippen LogP contribution in [0.1, 0.15) is 5.56 Å². The van der Waals surface area contributed by atoms with Gasteiger partial charge in [-0.25, -0.2) is 16.8 Å². The fourth-order valence-corrected chi connectivity index (χ4v) is 4.82. The molecule has 4 aromatic carbocycles. The van der Waals surface area contributed by atoms with Gasteiger partial charge >= 0.3 is 0 Å². The molecule has 0 atom stereocenters. The van der Waals surface area contributed by atoms with E-state index >= 15 is 0 Å². The summed E-state index contributed by atoms with van der Waals surface area (Å²) in [6.07, 6.45) is 0.